The van der Waals surface area contributed by atoms with Crippen LogP contribution < -0.4 is 19.7 Å². The zero-order valence-corrected chi connectivity index (χ0v) is 16.9. The fourth-order valence-corrected chi connectivity index (χ4v) is 3.91. The van der Waals surface area contributed by atoms with E-state index in [-0.39, 0.29) is 24.3 Å². The average Bonchev–Trinajstić information content (AvgIpc) is 3.27. The van der Waals surface area contributed by atoms with Crippen molar-refractivity contribution in [3.05, 3.63) is 47.5 Å². The minimum atomic E-state index is -0.123. The van der Waals surface area contributed by atoms with Gasteiger partial charge in [0.1, 0.15) is 17.6 Å². The quantitative estimate of drug-likeness (QED) is 0.811. The summed E-state index contributed by atoms with van der Waals surface area (Å²) in [6.07, 6.45) is 2.72. The van der Waals surface area contributed by atoms with E-state index in [2.05, 4.69) is 5.32 Å². The molecule has 1 atom stereocenters. The summed E-state index contributed by atoms with van der Waals surface area (Å²) < 4.78 is 11.5. The van der Waals surface area contributed by atoms with E-state index < -0.39 is 0 Å². The molecule has 1 N–H and O–H groups in total. The molecular weight excluding hydrogens is 368 g/mol. The molecule has 2 heterocycles. The molecular formula is C23H26N2O4. The number of benzene rings is 2. The fourth-order valence-electron chi connectivity index (χ4n) is 3.91. The van der Waals surface area contributed by atoms with E-state index in [0.29, 0.717) is 24.5 Å². The van der Waals surface area contributed by atoms with Crippen LogP contribution in [-0.4, -0.2) is 31.1 Å². The van der Waals surface area contributed by atoms with Gasteiger partial charge in [-0.25, -0.2) is 0 Å². The summed E-state index contributed by atoms with van der Waals surface area (Å²) in [5, 5.41) is 2.96. The molecule has 6 heteroatoms. The normalized spacial score (nSPS) is 17.8. The minimum Gasteiger partial charge on any atom is -0.492 e. The highest BCUT2D eigenvalue weighted by Gasteiger charge is 2.23. The summed E-state index contributed by atoms with van der Waals surface area (Å²) in [5.41, 5.74) is 3.51. The van der Waals surface area contributed by atoms with E-state index in [0.717, 1.165) is 42.0 Å². The van der Waals surface area contributed by atoms with Crippen LogP contribution in [0.2, 0.25) is 0 Å². The molecule has 1 unspecified atom stereocenters. The second-order valence-electron chi connectivity index (χ2n) is 7.56. The van der Waals surface area contributed by atoms with Crippen molar-refractivity contribution in [1.29, 1.82) is 0 Å². The van der Waals surface area contributed by atoms with Gasteiger partial charge in [-0.15, -0.1) is 0 Å². The van der Waals surface area contributed by atoms with E-state index in [1.54, 1.807) is 4.90 Å². The number of nitrogens with zero attached hydrogens (tertiary/aromatic N) is 1. The van der Waals surface area contributed by atoms with E-state index in [1.807, 2.05) is 50.2 Å². The Balaban J connectivity index is 1.44. The van der Waals surface area contributed by atoms with Crippen molar-refractivity contribution in [3.8, 4) is 11.5 Å². The van der Waals surface area contributed by atoms with E-state index in [9.17, 15) is 9.59 Å². The number of anilines is 2. The molecule has 0 aliphatic carbocycles. The summed E-state index contributed by atoms with van der Waals surface area (Å²) in [7, 11) is 0. The monoisotopic (exact) mass is 394 g/mol. The van der Waals surface area contributed by atoms with Gasteiger partial charge in [-0.05, 0) is 44.0 Å². The molecule has 0 saturated carbocycles. The van der Waals surface area contributed by atoms with Crippen molar-refractivity contribution in [1.82, 2.24) is 0 Å². The van der Waals surface area contributed by atoms with Crippen LogP contribution in [0.15, 0.2) is 36.4 Å². The summed E-state index contributed by atoms with van der Waals surface area (Å²) in [4.78, 5) is 26.3. The van der Waals surface area contributed by atoms with Crippen LogP contribution >= 0.6 is 0 Å². The molecule has 1 saturated heterocycles. The second-order valence-corrected chi connectivity index (χ2v) is 7.56. The van der Waals surface area contributed by atoms with Crippen LogP contribution in [0.1, 0.15) is 37.8 Å². The van der Waals surface area contributed by atoms with Crippen LogP contribution in [0, 0.1) is 0 Å². The standard InChI is InChI=1S/C23H26N2O4/c1-3-28-21-13-17-11-15(2)29-20(17)14-19(21)24-22(26)12-16-6-8-18(9-7-16)25-10-4-5-23(25)27/h6-9,13-15H,3-5,10-12H2,1-2H3,(H,24,26). The average molecular weight is 394 g/mol. The van der Waals surface area contributed by atoms with Crippen LogP contribution in [0.5, 0.6) is 11.5 Å². The van der Waals surface area contributed by atoms with Crippen molar-refractivity contribution >= 4 is 23.2 Å². The van der Waals surface area contributed by atoms with Crippen LogP contribution in [0.3, 0.4) is 0 Å². The lowest BCUT2D eigenvalue weighted by atomic mass is 10.1. The van der Waals surface area contributed by atoms with Gasteiger partial charge in [0.2, 0.25) is 11.8 Å². The zero-order valence-electron chi connectivity index (χ0n) is 16.9. The lowest BCUT2D eigenvalue weighted by molar-refractivity contribution is -0.117. The Hall–Kier alpha value is -3.02. The van der Waals surface area contributed by atoms with Crippen molar-refractivity contribution in [2.24, 2.45) is 0 Å². The molecule has 0 radical (unpaired) electrons. The molecule has 2 aromatic carbocycles. The predicted octanol–water partition coefficient (Wildman–Crippen LogP) is 3.72. The molecule has 2 aliphatic rings. The molecule has 2 aromatic rings. The molecule has 6 nitrogen and oxygen atoms in total. The van der Waals surface area contributed by atoms with Gasteiger partial charge < -0.3 is 19.7 Å². The number of hydrogen-bond acceptors (Lipinski definition) is 4. The summed E-state index contributed by atoms with van der Waals surface area (Å²) >= 11 is 0. The summed E-state index contributed by atoms with van der Waals surface area (Å²) in [6, 6.07) is 11.4. The summed E-state index contributed by atoms with van der Waals surface area (Å²) in [6.45, 7) is 5.23. The number of nitrogens with one attached hydrogen (secondary N) is 1. The molecule has 2 amide bonds. The van der Waals surface area contributed by atoms with Gasteiger partial charge in [0, 0.05) is 36.7 Å². The van der Waals surface area contributed by atoms with Gasteiger partial charge >= 0.3 is 0 Å². The lowest BCUT2D eigenvalue weighted by Gasteiger charge is -2.16. The fraction of sp³-hybridized carbons (Fsp3) is 0.391. The molecule has 0 bridgehead atoms. The van der Waals surface area contributed by atoms with Gasteiger partial charge in [-0.3, -0.25) is 9.59 Å². The molecule has 4 rings (SSSR count). The SMILES string of the molecule is CCOc1cc2c(cc1NC(=O)Cc1ccc(N3CCCC3=O)cc1)OC(C)C2. The van der Waals surface area contributed by atoms with E-state index >= 15 is 0 Å². The number of hydrogen-bond donors (Lipinski definition) is 1. The van der Waals surface area contributed by atoms with Crippen molar-refractivity contribution in [2.75, 3.05) is 23.4 Å². The Labute approximate surface area is 170 Å². The maximum atomic E-state index is 12.6. The summed E-state index contributed by atoms with van der Waals surface area (Å²) in [5.74, 6) is 1.50. The first kappa shape index (κ1) is 19.3. The Kier molecular flexibility index (Phi) is 5.43. The topological polar surface area (TPSA) is 67.9 Å². The first-order valence-electron chi connectivity index (χ1n) is 10.2. The molecule has 2 aliphatic heterocycles. The number of ether oxygens (including phenoxy) is 2. The van der Waals surface area contributed by atoms with E-state index in [1.165, 1.54) is 0 Å². The second kappa shape index (κ2) is 8.15. The number of fused-ring (bicyclic) bond motifs is 1. The van der Waals surface area contributed by atoms with Gasteiger partial charge in [-0.1, -0.05) is 12.1 Å². The lowest BCUT2D eigenvalue weighted by Crippen LogP contribution is -2.23. The van der Waals surface area contributed by atoms with Crippen molar-refractivity contribution in [3.63, 3.8) is 0 Å². The molecule has 1 fully saturated rings. The van der Waals surface area contributed by atoms with Crippen LogP contribution in [0.4, 0.5) is 11.4 Å². The van der Waals surface area contributed by atoms with Gasteiger partial charge in [0.05, 0.1) is 18.7 Å². The number of carbonyl (C=O) groups is 2. The van der Waals surface area contributed by atoms with Crippen LogP contribution in [-0.2, 0) is 22.4 Å². The highest BCUT2D eigenvalue weighted by Crippen LogP contribution is 2.38. The van der Waals surface area contributed by atoms with Gasteiger partial charge in [0.15, 0.2) is 0 Å². The molecule has 29 heavy (non-hydrogen) atoms. The highest BCUT2D eigenvalue weighted by molar-refractivity contribution is 5.96. The Morgan fingerprint density at radius 1 is 1.28 bits per heavy atom. The maximum absolute atomic E-state index is 12.6. The minimum absolute atomic E-state index is 0.123. The molecule has 152 valence electrons. The molecule has 0 spiro atoms. The molecule has 0 aromatic heterocycles. The number of amides is 2. The van der Waals surface area contributed by atoms with Crippen molar-refractivity contribution < 1.29 is 19.1 Å². The number of carbonyl (C=O) groups excluding carboxylic acids is 2. The smallest absolute Gasteiger partial charge is 0.228 e. The van der Waals surface area contributed by atoms with Crippen molar-refractivity contribution in [2.45, 2.75) is 45.6 Å². The van der Waals surface area contributed by atoms with Gasteiger partial charge in [-0.2, -0.15) is 0 Å². The maximum Gasteiger partial charge on any atom is 0.228 e. The first-order valence-corrected chi connectivity index (χ1v) is 10.2. The highest BCUT2D eigenvalue weighted by atomic mass is 16.5. The third-order valence-corrected chi connectivity index (χ3v) is 5.26. The number of rotatable bonds is 6. The third kappa shape index (κ3) is 4.21. The Morgan fingerprint density at radius 3 is 2.76 bits per heavy atom. The first-order chi connectivity index (χ1) is 14.0. The van der Waals surface area contributed by atoms with Gasteiger partial charge in [0.25, 0.3) is 0 Å². The van der Waals surface area contributed by atoms with E-state index in [4.69, 9.17) is 9.47 Å². The predicted molar refractivity (Wildman–Crippen MR) is 112 cm³/mol. The largest absolute Gasteiger partial charge is 0.492 e. The Bertz CT molecular complexity index is 923. The zero-order chi connectivity index (χ0) is 20.4. The van der Waals surface area contributed by atoms with Crippen LogP contribution in [0.25, 0.3) is 0 Å². The third-order valence-electron chi connectivity index (χ3n) is 5.26. The Morgan fingerprint density at radius 2 is 2.07 bits per heavy atom.